The first kappa shape index (κ1) is 13.4. The van der Waals surface area contributed by atoms with Crippen molar-refractivity contribution in [2.24, 2.45) is 11.3 Å². The Morgan fingerprint density at radius 2 is 1.84 bits per heavy atom. The van der Waals surface area contributed by atoms with Crippen molar-refractivity contribution >= 4 is 5.91 Å². The van der Waals surface area contributed by atoms with Gasteiger partial charge >= 0.3 is 0 Å². The maximum Gasteiger partial charge on any atom is 0.225 e. The predicted molar refractivity (Wildman–Crippen MR) is 75.9 cm³/mol. The van der Waals surface area contributed by atoms with Gasteiger partial charge in [0.1, 0.15) is 0 Å². The molecule has 4 nitrogen and oxygen atoms in total. The molecule has 0 spiro atoms. The van der Waals surface area contributed by atoms with Gasteiger partial charge in [0.05, 0.1) is 0 Å². The van der Waals surface area contributed by atoms with Crippen molar-refractivity contribution in [1.82, 2.24) is 15.1 Å². The molecule has 0 aromatic carbocycles. The van der Waals surface area contributed by atoms with E-state index in [0.717, 1.165) is 58.5 Å². The van der Waals surface area contributed by atoms with Crippen LogP contribution < -0.4 is 5.32 Å². The molecule has 1 saturated carbocycles. The van der Waals surface area contributed by atoms with Crippen LogP contribution in [-0.4, -0.2) is 61.0 Å². The summed E-state index contributed by atoms with van der Waals surface area (Å²) in [5.74, 6) is 0.792. The lowest BCUT2D eigenvalue weighted by Crippen LogP contribution is -2.61. The third-order valence-electron chi connectivity index (χ3n) is 5.15. The molecule has 3 rings (SSSR count). The van der Waals surface area contributed by atoms with Gasteiger partial charge in [0.2, 0.25) is 5.91 Å². The number of hydrogen-bond donors (Lipinski definition) is 1. The summed E-state index contributed by atoms with van der Waals surface area (Å²) in [6, 6.07) is 0.533. The summed E-state index contributed by atoms with van der Waals surface area (Å²) >= 11 is 0. The highest BCUT2D eigenvalue weighted by molar-refractivity contribution is 5.81. The lowest BCUT2D eigenvalue weighted by Gasteiger charge is -2.50. The van der Waals surface area contributed by atoms with Gasteiger partial charge in [-0.3, -0.25) is 9.69 Å². The van der Waals surface area contributed by atoms with E-state index in [9.17, 15) is 4.79 Å². The van der Waals surface area contributed by atoms with Gasteiger partial charge in [-0.25, -0.2) is 0 Å². The van der Waals surface area contributed by atoms with Gasteiger partial charge in [0.25, 0.3) is 0 Å². The number of carbonyl (C=O) groups excluding carboxylic acids is 1. The van der Waals surface area contributed by atoms with Crippen LogP contribution in [0.5, 0.6) is 0 Å². The Kier molecular flexibility index (Phi) is 3.56. The Hall–Kier alpha value is -0.610. The maximum absolute atomic E-state index is 12.3. The molecule has 4 heteroatoms. The number of piperazine rings is 1. The highest BCUT2D eigenvalue weighted by atomic mass is 16.2. The second-order valence-corrected chi connectivity index (χ2v) is 7.10. The van der Waals surface area contributed by atoms with Gasteiger partial charge in [0.15, 0.2) is 0 Å². The minimum atomic E-state index is 0.331. The van der Waals surface area contributed by atoms with Crippen molar-refractivity contribution in [1.29, 1.82) is 0 Å². The molecule has 3 fully saturated rings. The topological polar surface area (TPSA) is 35.6 Å². The van der Waals surface area contributed by atoms with Crippen LogP contribution >= 0.6 is 0 Å². The molecule has 1 unspecified atom stereocenters. The fourth-order valence-electron chi connectivity index (χ4n) is 3.53. The molecular formula is C15H27N3O. The van der Waals surface area contributed by atoms with E-state index in [1.165, 1.54) is 0 Å². The van der Waals surface area contributed by atoms with Crippen molar-refractivity contribution < 1.29 is 4.79 Å². The Bertz CT molecular complexity index is 345. The van der Waals surface area contributed by atoms with Crippen LogP contribution in [0.3, 0.4) is 0 Å². The third kappa shape index (κ3) is 2.79. The van der Waals surface area contributed by atoms with Crippen molar-refractivity contribution in [2.75, 3.05) is 39.3 Å². The Morgan fingerprint density at radius 3 is 2.47 bits per heavy atom. The second-order valence-electron chi connectivity index (χ2n) is 7.10. The normalized spacial score (nSPS) is 32.3. The molecule has 0 bridgehead atoms. The molecule has 2 saturated heterocycles. The highest BCUT2D eigenvalue weighted by Crippen LogP contribution is 2.37. The van der Waals surface area contributed by atoms with Crippen LogP contribution in [0.1, 0.15) is 33.1 Å². The molecule has 3 aliphatic rings. The summed E-state index contributed by atoms with van der Waals surface area (Å²) in [6.45, 7) is 11.1. The largest absolute Gasteiger partial charge is 0.341 e. The minimum absolute atomic E-state index is 0.331. The molecule has 0 aromatic heterocycles. The molecule has 1 atom stereocenters. The first-order valence-electron chi connectivity index (χ1n) is 7.81. The molecule has 0 aromatic rings. The summed E-state index contributed by atoms with van der Waals surface area (Å²) in [4.78, 5) is 17.0. The molecule has 1 amide bonds. The summed E-state index contributed by atoms with van der Waals surface area (Å²) in [5, 5.41) is 3.42. The summed E-state index contributed by atoms with van der Waals surface area (Å²) in [6.07, 6.45) is 3.38. The summed E-state index contributed by atoms with van der Waals surface area (Å²) in [5.41, 5.74) is 0.331. The quantitative estimate of drug-likeness (QED) is 0.807. The lowest BCUT2D eigenvalue weighted by atomic mass is 9.77. The lowest BCUT2D eigenvalue weighted by molar-refractivity contribution is -0.137. The zero-order valence-electron chi connectivity index (χ0n) is 12.3. The van der Waals surface area contributed by atoms with Crippen LogP contribution in [0.2, 0.25) is 0 Å². The number of hydrogen-bond acceptors (Lipinski definition) is 3. The maximum atomic E-state index is 12.3. The van der Waals surface area contributed by atoms with Gasteiger partial charge < -0.3 is 10.2 Å². The van der Waals surface area contributed by atoms with E-state index in [2.05, 4.69) is 29.0 Å². The van der Waals surface area contributed by atoms with Crippen molar-refractivity contribution in [3.8, 4) is 0 Å². The van der Waals surface area contributed by atoms with Crippen molar-refractivity contribution in [2.45, 2.75) is 39.2 Å². The van der Waals surface area contributed by atoms with Gasteiger partial charge in [-0.15, -0.1) is 0 Å². The zero-order chi connectivity index (χ0) is 13.5. The Labute approximate surface area is 116 Å². The second kappa shape index (κ2) is 5.06. The van der Waals surface area contributed by atoms with E-state index in [0.29, 0.717) is 23.3 Å². The summed E-state index contributed by atoms with van der Waals surface area (Å²) < 4.78 is 0. The number of carbonyl (C=O) groups is 1. The molecule has 2 aliphatic heterocycles. The molecular weight excluding hydrogens is 238 g/mol. The first-order valence-corrected chi connectivity index (χ1v) is 7.81. The first-order chi connectivity index (χ1) is 9.08. The van der Waals surface area contributed by atoms with E-state index in [1.54, 1.807) is 0 Å². The number of amides is 1. The minimum Gasteiger partial charge on any atom is -0.341 e. The van der Waals surface area contributed by atoms with E-state index < -0.39 is 0 Å². The van der Waals surface area contributed by atoms with Crippen LogP contribution in [0.15, 0.2) is 0 Å². The fourth-order valence-corrected chi connectivity index (χ4v) is 3.53. The van der Waals surface area contributed by atoms with Crippen LogP contribution in [0, 0.1) is 11.3 Å². The van der Waals surface area contributed by atoms with E-state index >= 15 is 0 Å². The summed E-state index contributed by atoms with van der Waals surface area (Å²) in [7, 11) is 0. The average Bonchev–Trinajstić information content (AvgIpc) is 3.23. The smallest absolute Gasteiger partial charge is 0.225 e. The fraction of sp³-hybridized carbons (Fsp3) is 0.933. The molecule has 1 N–H and O–H groups in total. The van der Waals surface area contributed by atoms with Crippen LogP contribution in [0.25, 0.3) is 0 Å². The van der Waals surface area contributed by atoms with Crippen molar-refractivity contribution in [3.63, 3.8) is 0 Å². The highest BCUT2D eigenvalue weighted by Gasteiger charge is 2.43. The Balaban J connectivity index is 1.68. The van der Waals surface area contributed by atoms with E-state index in [-0.39, 0.29) is 0 Å². The van der Waals surface area contributed by atoms with Crippen LogP contribution in [0.4, 0.5) is 0 Å². The van der Waals surface area contributed by atoms with E-state index in [4.69, 9.17) is 0 Å². The molecule has 108 valence electrons. The monoisotopic (exact) mass is 265 g/mol. The van der Waals surface area contributed by atoms with Gasteiger partial charge in [-0.1, -0.05) is 13.8 Å². The van der Waals surface area contributed by atoms with Gasteiger partial charge in [-0.05, 0) is 24.7 Å². The molecule has 19 heavy (non-hydrogen) atoms. The van der Waals surface area contributed by atoms with Gasteiger partial charge in [-0.2, -0.15) is 0 Å². The van der Waals surface area contributed by atoms with Crippen molar-refractivity contribution in [3.05, 3.63) is 0 Å². The number of likely N-dealkylation sites (tertiary alicyclic amines) is 1. The number of rotatable bonds is 2. The number of nitrogens with one attached hydrogen (secondary N) is 1. The third-order valence-corrected chi connectivity index (χ3v) is 5.15. The molecule has 0 radical (unpaired) electrons. The Morgan fingerprint density at radius 1 is 1.16 bits per heavy atom. The molecule has 2 heterocycles. The van der Waals surface area contributed by atoms with Gasteiger partial charge in [0, 0.05) is 51.2 Å². The number of nitrogens with zero attached hydrogens (tertiary/aromatic N) is 2. The SMILES string of the molecule is CC1(C)CCN(C(=O)C2CC2)CC1N1CCNCC1. The van der Waals surface area contributed by atoms with Crippen LogP contribution in [-0.2, 0) is 4.79 Å². The number of piperidine rings is 1. The molecule has 1 aliphatic carbocycles. The predicted octanol–water partition coefficient (Wildman–Crippen LogP) is 0.929. The zero-order valence-corrected chi connectivity index (χ0v) is 12.3. The standard InChI is InChI=1S/C15H27N3O/c1-15(2)5-8-18(14(19)12-3-4-12)11-13(15)17-9-6-16-7-10-17/h12-13,16H,3-11H2,1-2H3. The average molecular weight is 265 g/mol. The van der Waals surface area contributed by atoms with E-state index in [1.807, 2.05) is 0 Å².